The standard InChI is InChI=1S/C16H18N2O3/c1-2-14(19)18(13-8-10-21-11-9-13)15(16(17)20)12-6-4-3-5-7-12/h1,3-7,13,15H,8-11H2,(H2,17,20). The normalized spacial score (nSPS) is 16.7. The molecule has 1 atom stereocenters. The number of rotatable bonds is 4. The second-order valence-corrected chi connectivity index (χ2v) is 4.92. The van der Waals surface area contributed by atoms with Crippen LogP contribution in [0.3, 0.4) is 0 Å². The molecule has 1 fully saturated rings. The van der Waals surface area contributed by atoms with Crippen molar-refractivity contribution < 1.29 is 14.3 Å². The zero-order chi connectivity index (χ0) is 15.2. The summed E-state index contributed by atoms with van der Waals surface area (Å²) >= 11 is 0. The summed E-state index contributed by atoms with van der Waals surface area (Å²) in [7, 11) is 0. The van der Waals surface area contributed by atoms with Gasteiger partial charge in [-0.3, -0.25) is 9.59 Å². The summed E-state index contributed by atoms with van der Waals surface area (Å²) in [6, 6.07) is 7.99. The summed E-state index contributed by atoms with van der Waals surface area (Å²) in [5, 5.41) is 0. The van der Waals surface area contributed by atoms with Crippen LogP contribution in [0.1, 0.15) is 24.4 Å². The van der Waals surface area contributed by atoms with Crippen molar-refractivity contribution in [2.75, 3.05) is 13.2 Å². The second-order valence-electron chi connectivity index (χ2n) is 4.92. The predicted molar refractivity (Wildman–Crippen MR) is 77.9 cm³/mol. The minimum atomic E-state index is -0.849. The van der Waals surface area contributed by atoms with Gasteiger partial charge in [0.05, 0.1) is 0 Å². The van der Waals surface area contributed by atoms with Crippen LogP contribution in [0, 0.1) is 12.3 Å². The molecule has 2 amide bonds. The first-order chi connectivity index (χ1) is 10.1. The number of nitrogens with two attached hydrogens (primary N) is 1. The van der Waals surface area contributed by atoms with E-state index in [0.717, 1.165) is 0 Å². The van der Waals surface area contributed by atoms with Gasteiger partial charge in [-0.25, -0.2) is 0 Å². The number of nitrogens with zero attached hydrogens (tertiary/aromatic N) is 1. The molecule has 1 heterocycles. The van der Waals surface area contributed by atoms with Gasteiger partial charge in [0.25, 0.3) is 5.91 Å². The van der Waals surface area contributed by atoms with Crippen molar-refractivity contribution in [1.29, 1.82) is 0 Å². The van der Waals surface area contributed by atoms with Crippen molar-refractivity contribution in [3.63, 3.8) is 0 Å². The Balaban J connectivity index is 2.38. The third-order valence-corrected chi connectivity index (χ3v) is 3.61. The molecular formula is C16H18N2O3. The van der Waals surface area contributed by atoms with Gasteiger partial charge in [-0.05, 0) is 24.3 Å². The van der Waals surface area contributed by atoms with Crippen molar-refractivity contribution in [3.05, 3.63) is 35.9 Å². The molecule has 1 aromatic carbocycles. The Kier molecular flexibility index (Phi) is 4.96. The largest absolute Gasteiger partial charge is 0.381 e. The van der Waals surface area contributed by atoms with E-state index < -0.39 is 17.9 Å². The highest BCUT2D eigenvalue weighted by molar-refractivity contribution is 5.97. The molecule has 2 rings (SSSR count). The van der Waals surface area contributed by atoms with Crippen LogP contribution in [-0.2, 0) is 14.3 Å². The Bertz CT molecular complexity index is 544. The SMILES string of the molecule is C#CC(=O)N(C1CCOCC1)C(C(N)=O)c1ccccc1. The van der Waals surface area contributed by atoms with E-state index in [1.54, 1.807) is 24.3 Å². The van der Waals surface area contributed by atoms with E-state index >= 15 is 0 Å². The molecule has 1 saturated heterocycles. The molecule has 0 aliphatic carbocycles. The topological polar surface area (TPSA) is 72.6 Å². The summed E-state index contributed by atoms with van der Waals surface area (Å²) in [4.78, 5) is 25.5. The number of carbonyl (C=O) groups excluding carboxylic acids is 2. The van der Waals surface area contributed by atoms with Gasteiger partial charge in [-0.1, -0.05) is 30.3 Å². The number of terminal acetylenes is 1. The fourth-order valence-electron chi connectivity index (χ4n) is 2.63. The summed E-state index contributed by atoms with van der Waals surface area (Å²) in [5.74, 6) is 1.00. The van der Waals surface area contributed by atoms with Gasteiger partial charge in [-0.2, -0.15) is 0 Å². The highest BCUT2D eigenvalue weighted by atomic mass is 16.5. The fraction of sp³-hybridized carbons (Fsp3) is 0.375. The molecule has 5 nitrogen and oxygen atoms in total. The number of ether oxygens (including phenoxy) is 1. The molecule has 1 aromatic rings. The number of benzene rings is 1. The van der Waals surface area contributed by atoms with Crippen LogP contribution in [0.2, 0.25) is 0 Å². The van der Waals surface area contributed by atoms with Crippen LogP contribution in [0.25, 0.3) is 0 Å². The summed E-state index contributed by atoms with van der Waals surface area (Å²) in [5.41, 5.74) is 6.20. The van der Waals surface area contributed by atoms with Crippen LogP contribution in [0.5, 0.6) is 0 Å². The monoisotopic (exact) mass is 286 g/mol. The first kappa shape index (κ1) is 15.1. The first-order valence-electron chi connectivity index (χ1n) is 6.86. The molecule has 0 saturated carbocycles. The van der Waals surface area contributed by atoms with Gasteiger partial charge in [0.2, 0.25) is 5.91 Å². The Morgan fingerprint density at radius 1 is 1.29 bits per heavy atom. The number of hydrogen-bond donors (Lipinski definition) is 1. The zero-order valence-electron chi connectivity index (χ0n) is 11.7. The van der Waals surface area contributed by atoms with Crippen molar-refractivity contribution in [1.82, 2.24) is 4.90 Å². The van der Waals surface area contributed by atoms with Gasteiger partial charge in [0, 0.05) is 19.3 Å². The van der Waals surface area contributed by atoms with E-state index in [0.29, 0.717) is 31.6 Å². The maximum absolute atomic E-state index is 12.2. The van der Waals surface area contributed by atoms with Gasteiger partial charge < -0.3 is 15.4 Å². The van der Waals surface area contributed by atoms with Gasteiger partial charge in [0.1, 0.15) is 6.04 Å². The molecule has 110 valence electrons. The van der Waals surface area contributed by atoms with E-state index in [2.05, 4.69) is 5.92 Å². The van der Waals surface area contributed by atoms with E-state index in [-0.39, 0.29) is 6.04 Å². The van der Waals surface area contributed by atoms with Crippen LogP contribution in [0.15, 0.2) is 30.3 Å². The highest BCUT2D eigenvalue weighted by Gasteiger charge is 2.35. The lowest BCUT2D eigenvalue weighted by molar-refractivity contribution is -0.140. The van der Waals surface area contributed by atoms with Crippen LogP contribution >= 0.6 is 0 Å². The number of hydrogen-bond acceptors (Lipinski definition) is 3. The maximum atomic E-state index is 12.2. The molecule has 0 bridgehead atoms. The molecule has 2 N–H and O–H groups in total. The summed E-state index contributed by atoms with van der Waals surface area (Å²) in [6.07, 6.45) is 6.56. The average Bonchev–Trinajstić information content (AvgIpc) is 2.53. The van der Waals surface area contributed by atoms with Crippen molar-refractivity contribution in [2.45, 2.75) is 24.9 Å². The van der Waals surface area contributed by atoms with E-state index in [4.69, 9.17) is 16.9 Å². The van der Waals surface area contributed by atoms with Gasteiger partial charge in [0.15, 0.2) is 0 Å². The Labute approximate surface area is 124 Å². The van der Waals surface area contributed by atoms with E-state index in [9.17, 15) is 9.59 Å². The average molecular weight is 286 g/mol. The van der Waals surface area contributed by atoms with Crippen molar-refractivity contribution in [2.24, 2.45) is 5.73 Å². The summed E-state index contributed by atoms with van der Waals surface area (Å²) < 4.78 is 5.30. The minimum Gasteiger partial charge on any atom is -0.381 e. The molecule has 1 aliphatic heterocycles. The lowest BCUT2D eigenvalue weighted by Crippen LogP contribution is -2.49. The van der Waals surface area contributed by atoms with Crippen molar-refractivity contribution >= 4 is 11.8 Å². The molecular weight excluding hydrogens is 268 g/mol. The van der Waals surface area contributed by atoms with E-state index in [1.807, 2.05) is 6.07 Å². The van der Waals surface area contributed by atoms with E-state index in [1.165, 1.54) is 4.90 Å². The third kappa shape index (κ3) is 3.41. The van der Waals surface area contributed by atoms with Crippen LogP contribution in [0.4, 0.5) is 0 Å². The van der Waals surface area contributed by atoms with Gasteiger partial charge in [-0.15, -0.1) is 6.42 Å². The Morgan fingerprint density at radius 3 is 2.43 bits per heavy atom. The Hall–Kier alpha value is -2.32. The molecule has 5 heteroatoms. The molecule has 0 spiro atoms. The van der Waals surface area contributed by atoms with Crippen molar-refractivity contribution in [3.8, 4) is 12.3 Å². The lowest BCUT2D eigenvalue weighted by atomic mass is 9.99. The highest BCUT2D eigenvalue weighted by Crippen LogP contribution is 2.27. The molecule has 21 heavy (non-hydrogen) atoms. The fourth-order valence-corrected chi connectivity index (χ4v) is 2.63. The van der Waals surface area contributed by atoms with Gasteiger partial charge >= 0.3 is 0 Å². The summed E-state index contributed by atoms with van der Waals surface area (Å²) in [6.45, 7) is 1.08. The first-order valence-corrected chi connectivity index (χ1v) is 6.86. The molecule has 1 aliphatic rings. The predicted octanol–water partition coefficient (Wildman–Crippen LogP) is 0.854. The Morgan fingerprint density at radius 2 is 1.90 bits per heavy atom. The quantitative estimate of drug-likeness (QED) is 0.834. The number of carbonyl (C=O) groups is 2. The zero-order valence-corrected chi connectivity index (χ0v) is 11.7. The minimum absolute atomic E-state index is 0.139. The van der Waals surface area contributed by atoms with Crippen LogP contribution in [-0.4, -0.2) is 36.0 Å². The maximum Gasteiger partial charge on any atom is 0.299 e. The molecule has 0 aromatic heterocycles. The molecule has 1 unspecified atom stereocenters. The number of primary amides is 1. The van der Waals surface area contributed by atoms with Crippen LogP contribution < -0.4 is 5.73 Å². The lowest BCUT2D eigenvalue weighted by Gasteiger charge is -2.37. The third-order valence-electron chi connectivity index (χ3n) is 3.61. The number of amides is 2. The molecule has 0 radical (unpaired) electrons. The second kappa shape index (κ2) is 6.91. The smallest absolute Gasteiger partial charge is 0.299 e.